The fourth-order valence-electron chi connectivity index (χ4n) is 3.12. The second kappa shape index (κ2) is 14.3. The highest BCUT2D eigenvalue weighted by atomic mass is 19.1. The average molecular weight is 517 g/mol. The minimum absolute atomic E-state index is 0.216. The number of hydrogen-bond acceptors (Lipinski definition) is 7. The van der Waals surface area contributed by atoms with Crippen molar-refractivity contribution >= 4 is 23.4 Å². The monoisotopic (exact) mass is 516 g/mol. The zero-order chi connectivity index (χ0) is 27.4. The molecule has 0 fully saturated rings. The Morgan fingerprint density at radius 1 is 0.838 bits per heavy atom. The van der Waals surface area contributed by atoms with Crippen molar-refractivity contribution in [3.05, 3.63) is 83.8 Å². The molecule has 0 aliphatic carbocycles. The van der Waals surface area contributed by atoms with Crippen molar-refractivity contribution in [3.63, 3.8) is 0 Å². The minimum atomic E-state index is -0.433. The summed E-state index contributed by atoms with van der Waals surface area (Å²) in [6.07, 6.45) is 1.62. The lowest BCUT2D eigenvalue weighted by atomic mass is 10.2. The Hall–Kier alpha value is -4.31. The highest BCUT2D eigenvalue weighted by Crippen LogP contribution is 2.37. The van der Waals surface area contributed by atoms with Gasteiger partial charge in [0.05, 0.1) is 25.4 Å². The van der Waals surface area contributed by atoms with Gasteiger partial charge in [-0.15, -0.1) is 0 Å². The number of aromatic nitrogens is 1. The van der Waals surface area contributed by atoms with E-state index in [2.05, 4.69) is 10.3 Å². The topological polar surface area (TPSA) is 78.9 Å². The molecule has 0 radical (unpaired) electrons. The molecule has 0 amide bonds. The summed E-state index contributed by atoms with van der Waals surface area (Å²) in [5.74, 6) is 0.843. The first-order chi connectivity index (χ1) is 17.9. The maximum Gasteiger partial charge on any atom is 0.162 e. The number of aryl methyl sites for hydroxylation is 1. The van der Waals surface area contributed by atoms with E-state index >= 15 is 0 Å². The van der Waals surface area contributed by atoms with Gasteiger partial charge in [0, 0.05) is 30.8 Å². The van der Waals surface area contributed by atoms with Gasteiger partial charge in [-0.05, 0) is 55.0 Å². The summed E-state index contributed by atoms with van der Waals surface area (Å²) in [5.41, 5.74) is 1.36. The Morgan fingerprint density at radius 3 is 2.14 bits per heavy atom. The molecule has 10 heteroatoms. The van der Waals surface area contributed by atoms with Crippen molar-refractivity contribution in [3.8, 4) is 23.0 Å². The third-order valence-corrected chi connectivity index (χ3v) is 4.90. The van der Waals surface area contributed by atoms with Crippen LogP contribution in [0.1, 0.15) is 5.56 Å². The van der Waals surface area contributed by atoms with Crippen molar-refractivity contribution in [1.82, 2.24) is 4.98 Å². The van der Waals surface area contributed by atoms with Gasteiger partial charge < -0.3 is 29.1 Å². The Kier molecular flexibility index (Phi) is 11.2. The fourth-order valence-corrected chi connectivity index (χ4v) is 3.12. The first-order valence-corrected chi connectivity index (χ1v) is 10.8. The fraction of sp³-hybridized carbons (Fsp3) is 0.185. The van der Waals surface area contributed by atoms with E-state index in [4.69, 9.17) is 23.7 Å². The zero-order valence-corrected chi connectivity index (χ0v) is 20.8. The SMILES string of the molecule is C=O.COCNc1ccc(Oc2ccnc3cc(OC)c(OC)cc23)cc1F.Cc1cc(F)ccc1F. The summed E-state index contributed by atoms with van der Waals surface area (Å²) < 4.78 is 60.0. The Morgan fingerprint density at radius 2 is 1.54 bits per heavy atom. The number of carbonyl (C=O) groups excluding carboxylic acids is 1. The number of ether oxygens (including phenoxy) is 4. The Balaban J connectivity index is 0.000000367. The van der Waals surface area contributed by atoms with Crippen LogP contribution in [0.15, 0.2) is 60.8 Å². The highest BCUT2D eigenvalue weighted by Gasteiger charge is 2.12. The first-order valence-electron chi connectivity index (χ1n) is 10.8. The summed E-state index contributed by atoms with van der Waals surface area (Å²) in [5, 5.41) is 3.55. The molecule has 0 unspecified atom stereocenters. The maximum absolute atomic E-state index is 14.2. The van der Waals surface area contributed by atoms with Gasteiger partial charge in [-0.2, -0.15) is 0 Å². The van der Waals surface area contributed by atoms with Crippen LogP contribution >= 0.6 is 0 Å². The molecule has 37 heavy (non-hydrogen) atoms. The molecule has 0 atom stereocenters. The number of fused-ring (bicyclic) bond motifs is 1. The predicted octanol–water partition coefficient (Wildman–Crippen LogP) is 6.29. The molecule has 0 spiro atoms. The number of methoxy groups -OCH3 is 3. The molecule has 3 aromatic carbocycles. The molecule has 4 rings (SSSR count). The molecule has 0 saturated carbocycles. The largest absolute Gasteiger partial charge is 0.493 e. The van der Waals surface area contributed by atoms with E-state index in [0.717, 1.165) is 23.6 Å². The second-order valence-corrected chi connectivity index (χ2v) is 7.28. The van der Waals surface area contributed by atoms with Gasteiger partial charge >= 0.3 is 0 Å². The maximum atomic E-state index is 14.2. The van der Waals surface area contributed by atoms with Gasteiger partial charge in [-0.25, -0.2) is 13.2 Å². The van der Waals surface area contributed by atoms with Crippen LogP contribution in [0.5, 0.6) is 23.0 Å². The highest BCUT2D eigenvalue weighted by molar-refractivity contribution is 5.88. The van der Waals surface area contributed by atoms with E-state index in [1.54, 1.807) is 50.7 Å². The molecule has 7 nitrogen and oxygen atoms in total. The number of rotatable bonds is 7. The molecule has 1 N–H and O–H groups in total. The normalized spacial score (nSPS) is 9.92. The van der Waals surface area contributed by atoms with Crippen LogP contribution in [0.25, 0.3) is 10.9 Å². The smallest absolute Gasteiger partial charge is 0.162 e. The van der Waals surface area contributed by atoms with Crippen molar-refractivity contribution in [2.24, 2.45) is 0 Å². The van der Waals surface area contributed by atoms with Crippen LogP contribution in [0.3, 0.4) is 0 Å². The number of nitrogens with one attached hydrogen (secondary N) is 1. The number of benzene rings is 3. The van der Waals surface area contributed by atoms with Gasteiger partial charge in [-0.1, -0.05) is 0 Å². The second-order valence-electron chi connectivity index (χ2n) is 7.28. The van der Waals surface area contributed by atoms with Crippen LogP contribution in [-0.2, 0) is 9.53 Å². The molecule has 1 heterocycles. The lowest BCUT2D eigenvalue weighted by Gasteiger charge is -2.13. The van der Waals surface area contributed by atoms with Crippen LogP contribution in [-0.4, -0.2) is 39.8 Å². The predicted molar refractivity (Wildman–Crippen MR) is 135 cm³/mol. The third-order valence-electron chi connectivity index (χ3n) is 4.90. The average Bonchev–Trinajstić information content (AvgIpc) is 2.91. The van der Waals surface area contributed by atoms with Gasteiger partial charge in [0.1, 0.15) is 42.5 Å². The number of anilines is 1. The summed E-state index contributed by atoms with van der Waals surface area (Å²) >= 11 is 0. The molecule has 0 aliphatic rings. The van der Waals surface area contributed by atoms with Gasteiger partial charge in [0.2, 0.25) is 0 Å². The van der Waals surface area contributed by atoms with Crippen molar-refractivity contribution < 1.29 is 36.9 Å². The standard InChI is InChI=1S/C19H19FN2O4.C7H6F2.CH2O/c1-23-11-22-15-5-4-12(8-14(15)20)26-17-6-7-21-16-10-19(25-3)18(24-2)9-13(16)17;1-5-4-6(8)2-3-7(5)9;1-2/h4-10,22H,11H2,1-3H3;2-4H,1H3;1H2. The molecule has 1 aromatic heterocycles. The Bertz CT molecular complexity index is 1320. The number of pyridine rings is 1. The number of nitrogens with zero attached hydrogens (tertiary/aromatic N) is 1. The molecular weight excluding hydrogens is 489 g/mol. The minimum Gasteiger partial charge on any atom is -0.493 e. The summed E-state index contributed by atoms with van der Waals surface area (Å²) in [4.78, 5) is 12.3. The molecular formula is C27H27F3N2O5. The van der Waals surface area contributed by atoms with Crippen LogP contribution < -0.4 is 19.5 Å². The number of carbonyl (C=O) groups is 1. The number of hydrogen-bond donors (Lipinski definition) is 1. The summed E-state index contributed by atoms with van der Waals surface area (Å²) in [6, 6.07) is 13.2. The van der Waals surface area contributed by atoms with E-state index in [9.17, 15) is 13.2 Å². The summed E-state index contributed by atoms with van der Waals surface area (Å²) in [7, 11) is 4.65. The van der Waals surface area contributed by atoms with Gasteiger partial charge in [0.15, 0.2) is 11.5 Å². The zero-order valence-electron chi connectivity index (χ0n) is 20.8. The molecule has 196 valence electrons. The molecule has 0 bridgehead atoms. The van der Waals surface area contributed by atoms with E-state index in [0.29, 0.717) is 39.8 Å². The van der Waals surface area contributed by atoms with Crippen molar-refractivity contribution in [2.75, 3.05) is 33.4 Å². The van der Waals surface area contributed by atoms with Gasteiger partial charge in [0.25, 0.3) is 0 Å². The van der Waals surface area contributed by atoms with Crippen LogP contribution in [0.4, 0.5) is 18.9 Å². The molecule has 0 aliphatic heterocycles. The van der Waals surface area contributed by atoms with Crippen molar-refractivity contribution in [2.45, 2.75) is 6.92 Å². The third kappa shape index (κ3) is 7.84. The lowest BCUT2D eigenvalue weighted by molar-refractivity contribution is -0.0980. The molecule has 4 aromatic rings. The van der Waals surface area contributed by atoms with E-state index < -0.39 is 11.6 Å². The number of halogens is 3. The first kappa shape index (κ1) is 28.9. The van der Waals surface area contributed by atoms with Crippen LogP contribution in [0, 0.1) is 24.4 Å². The Labute approximate surface area is 212 Å². The lowest BCUT2D eigenvalue weighted by Crippen LogP contribution is -2.04. The van der Waals surface area contributed by atoms with Crippen molar-refractivity contribution in [1.29, 1.82) is 0 Å². The molecule has 0 saturated heterocycles. The summed E-state index contributed by atoms with van der Waals surface area (Å²) in [6.45, 7) is 3.74. The van der Waals surface area contributed by atoms with E-state index in [1.807, 2.05) is 6.79 Å². The van der Waals surface area contributed by atoms with Gasteiger partial charge in [-0.3, -0.25) is 4.98 Å². The quantitative estimate of drug-likeness (QED) is 0.289. The van der Waals surface area contributed by atoms with E-state index in [1.165, 1.54) is 20.1 Å². The van der Waals surface area contributed by atoms with E-state index in [-0.39, 0.29) is 12.5 Å². The van der Waals surface area contributed by atoms with Crippen LogP contribution in [0.2, 0.25) is 0 Å².